The Morgan fingerprint density at radius 2 is 1.62 bits per heavy atom. The molecule has 0 aliphatic carbocycles. The van der Waals surface area contributed by atoms with Crippen LogP contribution in [0.1, 0.15) is 59.8 Å². The highest BCUT2D eigenvalue weighted by atomic mass is 15.2. The van der Waals surface area contributed by atoms with Crippen LogP contribution in [0.2, 0.25) is 0 Å². The smallest absolute Gasteiger partial charge is 0.0147 e. The summed E-state index contributed by atoms with van der Waals surface area (Å²) in [5.41, 5.74) is 0.365. The van der Waals surface area contributed by atoms with E-state index in [-0.39, 0.29) is 0 Å². The largest absolute Gasteiger partial charge is 0.317 e. The summed E-state index contributed by atoms with van der Waals surface area (Å²) in [5, 5.41) is 3.37. The number of hydrogen-bond acceptors (Lipinski definition) is 2. The zero-order chi connectivity index (χ0) is 12.4. The zero-order valence-electron chi connectivity index (χ0n) is 12.1. The van der Waals surface area contributed by atoms with Crippen LogP contribution in [-0.4, -0.2) is 37.1 Å². The van der Waals surface area contributed by atoms with Crippen molar-refractivity contribution in [1.29, 1.82) is 0 Å². The maximum Gasteiger partial charge on any atom is 0.0147 e. The van der Waals surface area contributed by atoms with Crippen LogP contribution in [0, 0.1) is 0 Å². The SMILES string of the molecule is CCNCCCCCCN(C)C(C)(C)CC. The van der Waals surface area contributed by atoms with Gasteiger partial charge in [-0.3, -0.25) is 0 Å². The van der Waals surface area contributed by atoms with Crippen molar-refractivity contribution in [1.82, 2.24) is 10.2 Å². The van der Waals surface area contributed by atoms with Gasteiger partial charge in [-0.25, -0.2) is 0 Å². The molecule has 0 aliphatic rings. The van der Waals surface area contributed by atoms with E-state index in [0.717, 1.165) is 6.54 Å². The molecule has 0 spiro atoms. The fraction of sp³-hybridized carbons (Fsp3) is 1.00. The van der Waals surface area contributed by atoms with E-state index >= 15 is 0 Å². The Morgan fingerprint density at radius 1 is 1.00 bits per heavy atom. The minimum atomic E-state index is 0.365. The molecule has 0 fully saturated rings. The highest BCUT2D eigenvalue weighted by Gasteiger charge is 2.19. The second-order valence-electron chi connectivity index (χ2n) is 5.36. The summed E-state index contributed by atoms with van der Waals surface area (Å²) in [6.07, 6.45) is 6.63. The molecule has 0 saturated heterocycles. The molecule has 0 amide bonds. The Morgan fingerprint density at radius 3 is 2.19 bits per heavy atom. The molecule has 0 atom stereocenters. The quantitative estimate of drug-likeness (QED) is 0.577. The van der Waals surface area contributed by atoms with E-state index < -0.39 is 0 Å². The first kappa shape index (κ1) is 15.9. The molecule has 0 heterocycles. The molecule has 0 aliphatic heterocycles. The van der Waals surface area contributed by atoms with Gasteiger partial charge in [0, 0.05) is 5.54 Å². The lowest BCUT2D eigenvalue weighted by Gasteiger charge is -2.34. The van der Waals surface area contributed by atoms with Gasteiger partial charge in [0.1, 0.15) is 0 Å². The van der Waals surface area contributed by atoms with Gasteiger partial charge in [-0.15, -0.1) is 0 Å². The summed E-state index contributed by atoms with van der Waals surface area (Å²) in [4.78, 5) is 2.50. The van der Waals surface area contributed by atoms with E-state index in [4.69, 9.17) is 0 Å². The molecular formula is C14H32N2. The molecule has 1 N–H and O–H groups in total. The minimum Gasteiger partial charge on any atom is -0.317 e. The Bertz CT molecular complexity index is 155. The van der Waals surface area contributed by atoms with E-state index in [1.165, 1.54) is 45.2 Å². The van der Waals surface area contributed by atoms with Crippen LogP contribution in [0.3, 0.4) is 0 Å². The highest BCUT2D eigenvalue weighted by Crippen LogP contribution is 2.16. The maximum absolute atomic E-state index is 3.37. The molecule has 0 saturated carbocycles. The molecule has 0 aromatic heterocycles. The molecule has 2 heteroatoms. The summed E-state index contributed by atoms with van der Waals surface area (Å²) in [6.45, 7) is 12.6. The van der Waals surface area contributed by atoms with Gasteiger partial charge in [0.15, 0.2) is 0 Å². The first-order valence-electron chi connectivity index (χ1n) is 6.96. The summed E-state index contributed by atoms with van der Waals surface area (Å²) in [5.74, 6) is 0. The van der Waals surface area contributed by atoms with E-state index in [1.54, 1.807) is 0 Å². The summed E-state index contributed by atoms with van der Waals surface area (Å²) in [7, 11) is 2.25. The third kappa shape index (κ3) is 7.24. The normalized spacial score (nSPS) is 12.4. The topological polar surface area (TPSA) is 15.3 Å². The molecule has 0 bridgehead atoms. The number of rotatable bonds is 10. The third-order valence-corrected chi connectivity index (χ3v) is 3.75. The maximum atomic E-state index is 3.37. The third-order valence-electron chi connectivity index (χ3n) is 3.75. The lowest BCUT2D eigenvalue weighted by atomic mass is 9.99. The number of unbranched alkanes of at least 4 members (excludes halogenated alkanes) is 3. The summed E-state index contributed by atoms with van der Waals surface area (Å²) >= 11 is 0. The van der Waals surface area contributed by atoms with Crippen molar-refractivity contribution in [3.8, 4) is 0 Å². The van der Waals surface area contributed by atoms with Crippen molar-refractivity contribution >= 4 is 0 Å². The van der Waals surface area contributed by atoms with Gasteiger partial charge in [0.25, 0.3) is 0 Å². The number of nitrogens with one attached hydrogen (secondary N) is 1. The van der Waals surface area contributed by atoms with Crippen molar-refractivity contribution in [2.45, 2.75) is 65.3 Å². The lowest BCUT2D eigenvalue weighted by Crippen LogP contribution is -2.40. The second kappa shape index (κ2) is 9.00. The van der Waals surface area contributed by atoms with Crippen molar-refractivity contribution in [3.05, 3.63) is 0 Å². The monoisotopic (exact) mass is 228 g/mol. The Labute approximate surface area is 103 Å². The predicted octanol–water partition coefficient (Wildman–Crippen LogP) is 3.28. The Balaban J connectivity index is 3.38. The Kier molecular flexibility index (Phi) is 8.96. The van der Waals surface area contributed by atoms with Crippen LogP contribution in [0.25, 0.3) is 0 Å². The molecule has 0 radical (unpaired) electrons. The Hall–Kier alpha value is -0.0800. The average Bonchev–Trinajstić information content (AvgIpc) is 2.27. The first-order valence-corrected chi connectivity index (χ1v) is 6.96. The second-order valence-corrected chi connectivity index (χ2v) is 5.36. The molecule has 2 nitrogen and oxygen atoms in total. The van der Waals surface area contributed by atoms with Gasteiger partial charge < -0.3 is 10.2 Å². The molecule has 0 unspecified atom stereocenters. The molecule has 0 rings (SSSR count). The highest BCUT2D eigenvalue weighted by molar-refractivity contribution is 4.76. The molecular weight excluding hydrogens is 196 g/mol. The van der Waals surface area contributed by atoms with Crippen LogP contribution in [-0.2, 0) is 0 Å². The predicted molar refractivity (Wildman–Crippen MR) is 74.0 cm³/mol. The van der Waals surface area contributed by atoms with Gasteiger partial charge >= 0.3 is 0 Å². The van der Waals surface area contributed by atoms with E-state index in [2.05, 4.69) is 45.0 Å². The number of nitrogens with zero attached hydrogens (tertiary/aromatic N) is 1. The first-order chi connectivity index (χ1) is 7.54. The van der Waals surface area contributed by atoms with Crippen molar-refractivity contribution < 1.29 is 0 Å². The lowest BCUT2D eigenvalue weighted by molar-refractivity contribution is 0.148. The van der Waals surface area contributed by atoms with Gasteiger partial charge in [0.05, 0.1) is 0 Å². The van der Waals surface area contributed by atoms with Gasteiger partial charge in [-0.05, 0) is 59.8 Å². The van der Waals surface area contributed by atoms with Crippen LogP contribution in [0.15, 0.2) is 0 Å². The van der Waals surface area contributed by atoms with Crippen molar-refractivity contribution in [3.63, 3.8) is 0 Å². The fourth-order valence-electron chi connectivity index (χ4n) is 1.70. The van der Waals surface area contributed by atoms with Crippen LogP contribution < -0.4 is 5.32 Å². The van der Waals surface area contributed by atoms with E-state index in [1.807, 2.05) is 0 Å². The minimum absolute atomic E-state index is 0.365. The van der Waals surface area contributed by atoms with Crippen LogP contribution >= 0.6 is 0 Å². The van der Waals surface area contributed by atoms with Gasteiger partial charge in [0.2, 0.25) is 0 Å². The standard InChI is InChI=1S/C14H32N2/c1-6-14(3,4)16(5)13-11-9-8-10-12-15-7-2/h15H,6-13H2,1-5H3. The van der Waals surface area contributed by atoms with E-state index in [0.29, 0.717) is 5.54 Å². The zero-order valence-corrected chi connectivity index (χ0v) is 12.1. The van der Waals surface area contributed by atoms with Crippen LogP contribution in [0.5, 0.6) is 0 Å². The van der Waals surface area contributed by atoms with E-state index in [9.17, 15) is 0 Å². The van der Waals surface area contributed by atoms with Gasteiger partial charge in [-0.2, -0.15) is 0 Å². The molecule has 0 aromatic rings. The van der Waals surface area contributed by atoms with Crippen LogP contribution in [0.4, 0.5) is 0 Å². The molecule has 0 aromatic carbocycles. The fourth-order valence-corrected chi connectivity index (χ4v) is 1.70. The van der Waals surface area contributed by atoms with Crippen molar-refractivity contribution in [2.75, 3.05) is 26.7 Å². The average molecular weight is 228 g/mol. The molecule has 98 valence electrons. The molecule has 16 heavy (non-hydrogen) atoms. The van der Waals surface area contributed by atoms with Gasteiger partial charge in [-0.1, -0.05) is 26.7 Å². The number of hydrogen-bond donors (Lipinski definition) is 1. The summed E-state index contributed by atoms with van der Waals surface area (Å²) in [6, 6.07) is 0. The van der Waals surface area contributed by atoms with Crippen molar-refractivity contribution in [2.24, 2.45) is 0 Å². The summed E-state index contributed by atoms with van der Waals surface area (Å²) < 4.78 is 0.